The zero-order valence-electron chi connectivity index (χ0n) is 24.6. The molecule has 2 aliphatic heterocycles. The summed E-state index contributed by atoms with van der Waals surface area (Å²) in [6.45, 7) is 3.22. The highest BCUT2D eigenvalue weighted by Crippen LogP contribution is 2.27. The summed E-state index contributed by atoms with van der Waals surface area (Å²) in [5.74, 6) is -1.19. The van der Waals surface area contributed by atoms with E-state index in [-0.39, 0.29) is 47.5 Å². The van der Waals surface area contributed by atoms with E-state index in [0.29, 0.717) is 22.1 Å². The highest BCUT2D eigenvalue weighted by molar-refractivity contribution is 7.91. The molecule has 248 valence electrons. The number of hydrogen-bond donors (Lipinski definition) is 6. The molecule has 1 aromatic heterocycles. The summed E-state index contributed by atoms with van der Waals surface area (Å²) in [5.41, 5.74) is 0.489. The third-order valence-electron chi connectivity index (χ3n) is 8.16. The van der Waals surface area contributed by atoms with Gasteiger partial charge in [-0.05, 0) is 102 Å². The molecule has 2 fully saturated rings. The fourth-order valence-corrected chi connectivity index (χ4v) is 8.02. The molecule has 1 atom stereocenters. The number of para-hydroxylation sites is 1. The Hall–Kier alpha value is -2.07. The Bertz CT molecular complexity index is 1260. The van der Waals surface area contributed by atoms with Crippen molar-refractivity contribution in [3.63, 3.8) is 0 Å². The van der Waals surface area contributed by atoms with Crippen molar-refractivity contribution in [2.24, 2.45) is 17.8 Å². The lowest BCUT2D eigenvalue weighted by molar-refractivity contribution is -0.139. The Morgan fingerprint density at radius 3 is 2.05 bits per heavy atom. The first-order valence-electron chi connectivity index (χ1n) is 14.8. The standard InChI is InChI=1S/C28H42N6O6S2.2ClH/c35-25(31-17-23(27(37)38)34-42(39,40)28-33-22-3-1-2-4-24(22)41-28)18-32-26(36)21(7-5-19-9-13-29-14-10-19)8-6-20-11-15-30-16-12-20;;/h1-4,19-21,23,29-30,34H,5-18H2,(H,31,35)(H,32,36)(H,37,38);2*1H. The second-order valence-electron chi connectivity index (χ2n) is 11.2. The van der Waals surface area contributed by atoms with Crippen LogP contribution in [0.15, 0.2) is 28.6 Å². The third-order valence-corrected chi connectivity index (χ3v) is 11.0. The van der Waals surface area contributed by atoms with E-state index in [4.69, 9.17) is 0 Å². The first-order valence-corrected chi connectivity index (χ1v) is 17.1. The molecule has 16 heteroatoms. The number of nitrogens with zero attached hydrogens (tertiary/aromatic N) is 1. The summed E-state index contributed by atoms with van der Waals surface area (Å²) in [4.78, 5) is 41.6. The van der Waals surface area contributed by atoms with E-state index in [9.17, 15) is 27.9 Å². The van der Waals surface area contributed by atoms with Gasteiger partial charge in [-0.3, -0.25) is 14.4 Å². The molecule has 2 aromatic rings. The topological polar surface area (TPSA) is 179 Å². The number of amides is 2. The summed E-state index contributed by atoms with van der Waals surface area (Å²) < 4.78 is 28.1. The van der Waals surface area contributed by atoms with Gasteiger partial charge in [0.05, 0.1) is 16.8 Å². The average molecular weight is 696 g/mol. The molecule has 0 radical (unpaired) electrons. The summed E-state index contributed by atoms with van der Waals surface area (Å²) in [5, 5.41) is 21.5. The Labute approximate surface area is 275 Å². The van der Waals surface area contributed by atoms with Gasteiger partial charge in [0.2, 0.25) is 16.2 Å². The smallest absolute Gasteiger partial charge is 0.323 e. The van der Waals surface area contributed by atoms with Crippen molar-refractivity contribution in [3.8, 4) is 0 Å². The van der Waals surface area contributed by atoms with Crippen molar-refractivity contribution < 1.29 is 27.9 Å². The summed E-state index contributed by atoms with van der Waals surface area (Å²) in [7, 11) is -4.24. The molecule has 2 amide bonds. The zero-order chi connectivity index (χ0) is 30.0. The lowest BCUT2D eigenvalue weighted by atomic mass is 9.84. The van der Waals surface area contributed by atoms with E-state index >= 15 is 0 Å². The van der Waals surface area contributed by atoms with Gasteiger partial charge in [0.15, 0.2) is 0 Å². The van der Waals surface area contributed by atoms with E-state index in [0.717, 1.165) is 88.9 Å². The minimum absolute atomic E-state index is 0. The van der Waals surface area contributed by atoms with Crippen molar-refractivity contribution in [2.45, 2.75) is 61.7 Å². The first-order chi connectivity index (χ1) is 20.2. The number of carbonyl (C=O) groups is 3. The predicted octanol–water partition coefficient (Wildman–Crippen LogP) is 2.28. The van der Waals surface area contributed by atoms with Crippen LogP contribution in [0.1, 0.15) is 51.4 Å². The Kier molecular flexibility index (Phi) is 16.3. The quantitative estimate of drug-likeness (QED) is 0.163. The van der Waals surface area contributed by atoms with Crippen LogP contribution in [0, 0.1) is 17.8 Å². The normalized spacial score (nSPS) is 16.9. The molecule has 0 bridgehead atoms. The van der Waals surface area contributed by atoms with Crippen LogP contribution < -0.4 is 26.0 Å². The predicted molar refractivity (Wildman–Crippen MR) is 175 cm³/mol. The number of aromatic nitrogens is 1. The molecule has 1 unspecified atom stereocenters. The van der Waals surface area contributed by atoms with Crippen molar-refractivity contribution >= 4 is 74.2 Å². The number of sulfonamides is 1. The van der Waals surface area contributed by atoms with Crippen molar-refractivity contribution in [1.82, 2.24) is 31.0 Å². The van der Waals surface area contributed by atoms with Crippen LogP contribution in [0.3, 0.4) is 0 Å². The van der Waals surface area contributed by atoms with Crippen LogP contribution in [0.4, 0.5) is 0 Å². The fourth-order valence-electron chi connectivity index (χ4n) is 5.59. The van der Waals surface area contributed by atoms with Gasteiger partial charge in [0.25, 0.3) is 10.0 Å². The molecule has 0 saturated carbocycles. The van der Waals surface area contributed by atoms with E-state index < -0.39 is 34.5 Å². The number of nitrogens with one attached hydrogen (secondary N) is 5. The molecule has 12 nitrogen and oxygen atoms in total. The number of halogens is 2. The first kappa shape index (κ1) is 38.1. The van der Waals surface area contributed by atoms with Crippen molar-refractivity contribution in [1.29, 1.82) is 0 Å². The highest BCUT2D eigenvalue weighted by Gasteiger charge is 2.29. The second-order valence-corrected chi connectivity index (χ2v) is 14.1. The molecule has 4 rings (SSSR count). The van der Waals surface area contributed by atoms with Gasteiger partial charge in [-0.2, -0.15) is 4.72 Å². The van der Waals surface area contributed by atoms with Crippen LogP contribution in [0.25, 0.3) is 10.2 Å². The average Bonchev–Trinajstić information content (AvgIpc) is 3.45. The van der Waals surface area contributed by atoms with E-state index in [2.05, 4.69) is 31.0 Å². The second kappa shape index (κ2) is 18.8. The van der Waals surface area contributed by atoms with Gasteiger partial charge >= 0.3 is 5.97 Å². The number of carboxylic acids is 1. The summed E-state index contributed by atoms with van der Waals surface area (Å²) in [6, 6.07) is 5.26. The summed E-state index contributed by atoms with van der Waals surface area (Å²) >= 11 is 0.926. The highest BCUT2D eigenvalue weighted by atomic mass is 35.5. The SMILES string of the molecule is Cl.Cl.O=C(CNC(=O)C(CCC1CCNCC1)CCC1CCNCC1)NCC(NS(=O)(=O)c1nc2ccccc2s1)C(=O)O. The van der Waals surface area contributed by atoms with Crippen LogP contribution in [0.5, 0.6) is 0 Å². The molecule has 1 aromatic carbocycles. The molecular formula is C28H44Cl2N6O6S2. The number of hydrogen-bond acceptors (Lipinski definition) is 9. The number of aliphatic carboxylic acids is 1. The van der Waals surface area contributed by atoms with Crippen LogP contribution in [0.2, 0.25) is 0 Å². The van der Waals surface area contributed by atoms with Crippen LogP contribution in [-0.4, -0.2) is 81.6 Å². The maximum Gasteiger partial charge on any atom is 0.323 e. The number of rotatable bonds is 15. The number of carbonyl (C=O) groups excluding carboxylic acids is 2. The van der Waals surface area contributed by atoms with Gasteiger partial charge in [-0.1, -0.05) is 12.1 Å². The van der Waals surface area contributed by atoms with Gasteiger partial charge < -0.3 is 26.4 Å². The zero-order valence-corrected chi connectivity index (χ0v) is 27.9. The maximum absolute atomic E-state index is 13.2. The molecule has 2 aliphatic rings. The molecule has 3 heterocycles. The van der Waals surface area contributed by atoms with E-state index in [1.165, 1.54) is 0 Å². The molecule has 6 N–H and O–H groups in total. The number of piperidine rings is 2. The Morgan fingerprint density at radius 2 is 1.50 bits per heavy atom. The molecule has 0 spiro atoms. The third kappa shape index (κ3) is 11.7. The van der Waals surface area contributed by atoms with Gasteiger partial charge in [-0.15, -0.1) is 36.2 Å². The number of benzene rings is 1. The fraction of sp³-hybridized carbons (Fsp3) is 0.643. The number of thiazole rings is 1. The molecule has 0 aliphatic carbocycles. The largest absolute Gasteiger partial charge is 0.480 e. The molecule has 44 heavy (non-hydrogen) atoms. The van der Waals surface area contributed by atoms with Gasteiger partial charge in [-0.25, -0.2) is 13.4 Å². The number of fused-ring (bicyclic) bond motifs is 1. The Morgan fingerprint density at radius 1 is 0.932 bits per heavy atom. The number of carboxylic acid groups (broad SMARTS) is 1. The van der Waals surface area contributed by atoms with Crippen molar-refractivity contribution in [2.75, 3.05) is 39.3 Å². The van der Waals surface area contributed by atoms with Crippen LogP contribution in [-0.2, 0) is 24.4 Å². The molecule has 2 saturated heterocycles. The maximum atomic E-state index is 13.2. The lowest BCUT2D eigenvalue weighted by Gasteiger charge is -2.27. The minimum atomic E-state index is -4.24. The summed E-state index contributed by atoms with van der Waals surface area (Å²) in [6.07, 6.45) is 7.95. The Balaban J connectivity index is 0.00000337. The molecular weight excluding hydrogens is 651 g/mol. The monoisotopic (exact) mass is 694 g/mol. The van der Waals surface area contributed by atoms with E-state index in [1.54, 1.807) is 24.3 Å². The van der Waals surface area contributed by atoms with Crippen LogP contribution >= 0.6 is 36.2 Å². The van der Waals surface area contributed by atoms with Gasteiger partial charge in [0, 0.05) is 12.5 Å². The van der Waals surface area contributed by atoms with Gasteiger partial charge in [0.1, 0.15) is 6.04 Å². The minimum Gasteiger partial charge on any atom is -0.480 e. The lowest BCUT2D eigenvalue weighted by Crippen LogP contribution is -2.50. The van der Waals surface area contributed by atoms with Crippen molar-refractivity contribution in [3.05, 3.63) is 24.3 Å². The van der Waals surface area contributed by atoms with E-state index in [1.807, 2.05) is 0 Å².